The molecule has 24 heavy (non-hydrogen) atoms. The third-order valence-corrected chi connectivity index (χ3v) is 3.94. The largest absolute Gasteiger partial charge is 0.464 e. The van der Waals surface area contributed by atoms with Crippen molar-refractivity contribution in [1.29, 1.82) is 0 Å². The van der Waals surface area contributed by atoms with Gasteiger partial charge in [0.1, 0.15) is 5.58 Å². The summed E-state index contributed by atoms with van der Waals surface area (Å²) in [7, 11) is 0. The summed E-state index contributed by atoms with van der Waals surface area (Å²) in [5, 5.41) is 9.91. The number of rotatable bonds is 6. The van der Waals surface area contributed by atoms with Gasteiger partial charge in [0.05, 0.1) is 18.3 Å². The first-order valence-electron chi connectivity index (χ1n) is 7.90. The van der Waals surface area contributed by atoms with Crippen LogP contribution in [0.15, 0.2) is 58.2 Å². The topological polar surface area (TPSA) is 66.6 Å². The Morgan fingerprint density at radius 2 is 2.12 bits per heavy atom. The van der Waals surface area contributed by atoms with Gasteiger partial charge in [0.15, 0.2) is 5.43 Å². The molecule has 0 bridgehead atoms. The summed E-state index contributed by atoms with van der Waals surface area (Å²) in [6.07, 6.45) is 5.03. The van der Waals surface area contributed by atoms with Crippen molar-refractivity contribution < 1.29 is 9.52 Å². The van der Waals surface area contributed by atoms with Crippen molar-refractivity contribution in [2.45, 2.75) is 20.0 Å². The van der Waals surface area contributed by atoms with E-state index in [4.69, 9.17) is 4.42 Å². The van der Waals surface area contributed by atoms with Crippen molar-refractivity contribution in [1.82, 2.24) is 9.88 Å². The highest BCUT2D eigenvalue weighted by Crippen LogP contribution is 2.15. The molecule has 0 spiro atoms. The van der Waals surface area contributed by atoms with Gasteiger partial charge in [0, 0.05) is 37.6 Å². The minimum atomic E-state index is -0.0194. The van der Waals surface area contributed by atoms with Crippen molar-refractivity contribution in [3.05, 3.63) is 75.9 Å². The molecule has 3 rings (SSSR count). The fraction of sp³-hybridized carbons (Fsp3) is 0.263. The molecule has 2 heterocycles. The third kappa shape index (κ3) is 3.69. The van der Waals surface area contributed by atoms with E-state index < -0.39 is 0 Å². The van der Waals surface area contributed by atoms with Gasteiger partial charge in [0.25, 0.3) is 0 Å². The van der Waals surface area contributed by atoms with E-state index >= 15 is 0 Å². The summed E-state index contributed by atoms with van der Waals surface area (Å²) < 4.78 is 5.61. The zero-order valence-electron chi connectivity index (χ0n) is 13.6. The van der Waals surface area contributed by atoms with Crippen LogP contribution in [0, 0.1) is 6.92 Å². The number of aliphatic hydroxyl groups excluding tert-OH is 1. The first-order valence-corrected chi connectivity index (χ1v) is 7.90. The summed E-state index contributed by atoms with van der Waals surface area (Å²) in [4.78, 5) is 18.8. The molecule has 0 aliphatic heterocycles. The Labute approximate surface area is 140 Å². The Morgan fingerprint density at radius 1 is 1.25 bits per heavy atom. The van der Waals surface area contributed by atoms with Crippen molar-refractivity contribution in [3.63, 3.8) is 0 Å². The SMILES string of the molecule is Cc1ccc2occ(CN(CCO)Cc3cccnc3)c(=O)c2c1. The minimum Gasteiger partial charge on any atom is -0.464 e. The predicted molar refractivity (Wildman–Crippen MR) is 92.7 cm³/mol. The Bertz CT molecular complexity index is 875. The Morgan fingerprint density at radius 3 is 2.88 bits per heavy atom. The van der Waals surface area contributed by atoms with Crippen LogP contribution in [0.2, 0.25) is 0 Å². The van der Waals surface area contributed by atoms with Crippen molar-refractivity contribution in [2.24, 2.45) is 0 Å². The van der Waals surface area contributed by atoms with Gasteiger partial charge in [0.2, 0.25) is 0 Å². The predicted octanol–water partition coefficient (Wildman–Crippen LogP) is 2.49. The summed E-state index contributed by atoms with van der Waals surface area (Å²) in [6, 6.07) is 9.44. The Balaban J connectivity index is 1.88. The van der Waals surface area contributed by atoms with Gasteiger partial charge in [-0.1, -0.05) is 17.7 Å². The van der Waals surface area contributed by atoms with E-state index in [-0.39, 0.29) is 12.0 Å². The number of fused-ring (bicyclic) bond motifs is 1. The van der Waals surface area contributed by atoms with Gasteiger partial charge in [-0.25, -0.2) is 0 Å². The molecule has 124 valence electrons. The highest BCUT2D eigenvalue weighted by molar-refractivity contribution is 5.77. The second kappa shape index (κ2) is 7.38. The molecule has 0 fully saturated rings. The number of benzene rings is 1. The Hall–Kier alpha value is -2.50. The van der Waals surface area contributed by atoms with Gasteiger partial charge < -0.3 is 9.52 Å². The fourth-order valence-corrected chi connectivity index (χ4v) is 2.74. The number of aryl methyl sites for hydroxylation is 1. The minimum absolute atomic E-state index is 0.0194. The quantitative estimate of drug-likeness (QED) is 0.754. The van der Waals surface area contributed by atoms with Gasteiger partial charge in [-0.05, 0) is 30.7 Å². The standard InChI is InChI=1S/C19H20N2O3/c1-14-4-5-18-17(9-14)19(23)16(13-24-18)12-21(7-8-22)11-15-3-2-6-20-10-15/h2-6,9-10,13,22H,7-8,11-12H2,1H3. The first-order chi connectivity index (χ1) is 11.7. The molecule has 1 N–H and O–H groups in total. The summed E-state index contributed by atoms with van der Waals surface area (Å²) >= 11 is 0. The Kier molecular flexibility index (Phi) is 5.03. The van der Waals surface area contributed by atoms with Gasteiger partial charge in [-0.2, -0.15) is 0 Å². The van der Waals surface area contributed by atoms with E-state index in [0.29, 0.717) is 36.2 Å². The first kappa shape index (κ1) is 16.4. The van der Waals surface area contributed by atoms with Gasteiger partial charge >= 0.3 is 0 Å². The zero-order chi connectivity index (χ0) is 16.9. The highest BCUT2D eigenvalue weighted by atomic mass is 16.3. The molecule has 0 aliphatic carbocycles. The molecule has 1 aromatic carbocycles. The molecule has 0 aliphatic rings. The molecule has 0 unspecified atom stereocenters. The number of hydrogen-bond acceptors (Lipinski definition) is 5. The van der Waals surface area contributed by atoms with E-state index in [0.717, 1.165) is 11.1 Å². The smallest absolute Gasteiger partial charge is 0.197 e. The summed E-state index contributed by atoms with van der Waals surface area (Å²) in [5.74, 6) is 0. The van der Waals surface area contributed by atoms with Crippen molar-refractivity contribution in [2.75, 3.05) is 13.2 Å². The molecule has 0 saturated heterocycles. The van der Waals surface area contributed by atoms with Crippen LogP contribution in [0.1, 0.15) is 16.7 Å². The molecule has 0 saturated carbocycles. The molecule has 2 aromatic heterocycles. The lowest BCUT2D eigenvalue weighted by molar-refractivity contribution is 0.183. The molecule has 3 aromatic rings. The molecular weight excluding hydrogens is 304 g/mol. The van der Waals surface area contributed by atoms with E-state index in [2.05, 4.69) is 4.98 Å². The van der Waals surface area contributed by atoms with E-state index in [1.54, 1.807) is 12.4 Å². The second-order valence-electron chi connectivity index (χ2n) is 5.89. The van der Waals surface area contributed by atoms with Gasteiger partial charge in [-0.3, -0.25) is 14.7 Å². The monoisotopic (exact) mass is 324 g/mol. The number of hydrogen-bond donors (Lipinski definition) is 1. The maximum absolute atomic E-state index is 12.7. The highest BCUT2D eigenvalue weighted by Gasteiger charge is 2.12. The van der Waals surface area contributed by atoms with Crippen LogP contribution in [-0.4, -0.2) is 28.1 Å². The average molecular weight is 324 g/mol. The van der Waals surface area contributed by atoms with E-state index in [1.165, 1.54) is 6.26 Å². The molecule has 5 heteroatoms. The maximum atomic E-state index is 12.7. The molecule has 0 radical (unpaired) electrons. The van der Waals surface area contributed by atoms with Crippen LogP contribution >= 0.6 is 0 Å². The summed E-state index contributed by atoms with van der Waals surface area (Å²) in [6.45, 7) is 3.48. The van der Waals surface area contributed by atoms with E-state index in [1.807, 2.05) is 42.2 Å². The second-order valence-corrected chi connectivity index (χ2v) is 5.89. The van der Waals surface area contributed by atoms with Crippen molar-refractivity contribution in [3.8, 4) is 0 Å². The number of aromatic nitrogens is 1. The van der Waals surface area contributed by atoms with Crippen LogP contribution in [-0.2, 0) is 13.1 Å². The lowest BCUT2D eigenvalue weighted by Gasteiger charge is -2.20. The normalized spacial score (nSPS) is 11.3. The molecule has 0 amide bonds. The number of aliphatic hydroxyl groups is 1. The van der Waals surface area contributed by atoms with Crippen LogP contribution in [0.5, 0.6) is 0 Å². The van der Waals surface area contributed by atoms with Crippen LogP contribution in [0.3, 0.4) is 0 Å². The summed E-state index contributed by atoms with van der Waals surface area (Å²) in [5.41, 5.74) is 3.22. The van der Waals surface area contributed by atoms with Gasteiger partial charge in [-0.15, -0.1) is 0 Å². The number of nitrogens with zero attached hydrogens (tertiary/aromatic N) is 2. The van der Waals surface area contributed by atoms with Crippen LogP contribution in [0.25, 0.3) is 11.0 Å². The van der Waals surface area contributed by atoms with Crippen LogP contribution < -0.4 is 5.43 Å². The number of pyridine rings is 1. The maximum Gasteiger partial charge on any atom is 0.197 e. The lowest BCUT2D eigenvalue weighted by atomic mass is 10.1. The zero-order valence-corrected chi connectivity index (χ0v) is 13.6. The lowest BCUT2D eigenvalue weighted by Crippen LogP contribution is -2.28. The molecule has 5 nitrogen and oxygen atoms in total. The molecular formula is C19H20N2O3. The average Bonchev–Trinajstić information content (AvgIpc) is 2.59. The third-order valence-electron chi connectivity index (χ3n) is 3.94. The fourth-order valence-electron chi connectivity index (χ4n) is 2.74. The van der Waals surface area contributed by atoms with Crippen LogP contribution in [0.4, 0.5) is 0 Å². The van der Waals surface area contributed by atoms with Crippen molar-refractivity contribution >= 4 is 11.0 Å². The van der Waals surface area contributed by atoms with E-state index in [9.17, 15) is 9.90 Å². The molecule has 0 atom stereocenters.